The summed E-state index contributed by atoms with van der Waals surface area (Å²) in [6, 6.07) is 9.08. The topological polar surface area (TPSA) is 24.7 Å². The lowest BCUT2D eigenvalue weighted by Crippen LogP contribution is -3.06. The fourth-order valence-corrected chi connectivity index (χ4v) is 3.07. The molecule has 0 saturated carbocycles. The number of hydrogen-bond donors (Lipinski definition) is 2. The van der Waals surface area contributed by atoms with Gasteiger partial charge in [0.1, 0.15) is 18.8 Å². The molecule has 2 rings (SSSR count). The molecule has 0 fully saturated rings. The van der Waals surface area contributed by atoms with Crippen molar-refractivity contribution in [2.75, 3.05) is 7.05 Å². The van der Waals surface area contributed by atoms with Crippen LogP contribution in [0.5, 0.6) is 5.75 Å². The summed E-state index contributed by atoms with van der Waals surface area (Å²) in [5.41, 5.74) is 3.33. The van der Waals surface area contributed by atoms with Crippen LogP contribution in [0.1, 0.15) is 47.6 Å². The maximum atomic E-state index is 12.6. The molecule has 1 unspecified atom stereocenters. The Bertz CT molecular complexity index is 721. The number of alkyl halides is 3. The minimum absolute atomic E-state index is 0.272. The highest BCUT2D eigenvalue weighted by atomic mass is 19.4. The van der Waals surface area contributed by atoms with Crippen LogP contribution >= 0.6 is 0 Å². The summed E-state index contributed by atoms with van der Waals surface area (Å²) in [5.74, 6) is 0.642. The Morgan fingerprint density at radius 2 is 1.64 bits per heavy atom. The van der Waals surface area contributed by atoms with Crippen LogP contribution < -0.4 is 4.90 Å². The molecule has 0 radical (unpaired) electrons. The lowest BCUT2D eigenvalue weighted by molar-refractivity contribution is -0.907. The molecule has 1 atom stereocenters. The van der Waals surface area contributed by atoms with Gasteiger partial charge in [-0.3, -0.25) is 0 Å². The first-order valence-corrected chi connectivity index (χ1v) is 8.37. The minimum atomic E-state index is -4.31. The third-order valence-electron chi connectivity index (χ3n) is 4.37. The van der Waals surface area contributed by atoms with Crippen molar-refractivity contribution in [3.63, 3.8) is 0 Å². The van der Waals surface area contributed by atoms with Gasteiger partial charge in [0, 0.05) is 11.1 Å². The van der Waals surface area contributed by atoms with Crippen LogP contribution in [-0.2, 0) is 19.3 Å². The van der Waals surface area contributed by atoms with Gasteiger partial charge in [0.15, 0.2) is 0 Å². The second-order valence-electron chi connectivity index (χ2n) is 7.00. The second-order valence-corrected chi connectivity index (χ2v) is 7.00. The number of rotatable bonds is 5. The smallest absolute Gasteiger partial charge is 0.416 e. The highest BCUT2D eigenvalue weighted by molar-refractivity contribution is 5.42. The number of aromatic hydroxyl groups is 1. The van der Waals surface area contributed by atoms with Crippen LogP contribution in [-0.4, -0.2) is 12.2 Å². The Morgan fingerprint density at radius 3 is 2.16 bits per heavy atom. The van der Waals surface area contributed by atoms with Gasteiger partial charge in [-0.15, -0.1) is 0 Å². The van der Waals surface area contributed by atoms with Crippen LogP contribution in [0, 0.1) is 6.92 Å². The van der Waals surface area contributed by atoms with E-state index in [-0.39, 0.29) is 5.75 Å². The molecule has 25 heavy (non-hydrogen) atoms. The van der Waals surface area contributed by atoms with Gasteiger partial charge in [-0.05, 0) is 48.2 Å². The molecule has 2 nitrogen and oxygen atoms in total. The van der Waals surface area contributed by atoms with Crippen molar-refractivity contribution >= 4 is 0 Å². The van der Waals surface area contributed by atoms with Crippen LogP contribution in [0.25, 0.3) is 0 Å². The average Bonchev–Trinajstić information content (AvgIpc) is 2.49. The molecule has 2 aromatic carbocycles. The molecule has 0 spiro atoms. The van der Waals surface area contributed by atoms with Crippen LogP contribution in [0.15, 0.2) is 36.4 Å². The largest absolute Gasteiger partial charge is 0.507 e. The van der Waals surface area contributed by atoms with Gasteiger partial charge in [-0.1, -0.05) is 26.0 Å². The molecule has 0 aromatic heterocycles. The predicted octanol–water partition coefficient (Wildman–Crippen LogP) is 4.06. The van der Waals surface area contributed by atoms with Gasteiger partial charge >= 0.3 is 6.18 Å². The fraction of sp³-hybridized carbons (Fsp3) is 0.400. The van der Waals surface area contributed by atoms with E-state index >= 15 is 0 Å². The van der Waals surface area contributed by atoms with Crippen molar-refractivity contribution in [1.29, 1.82) is 0 Å². The molecule has 0 heterocycles. The number of phenols is 1. The molecule has 2 N–H and O–H groups in total. The number of aryl methyl sites for hydroxylation is 1. The Balaban J connectivity index is 2.10. The second kappa shape index (κ2) is 7.48. The van der Waals surface area contributed by atoms with Crippen LogP contribution in [0.3, 0.4) is 0 Å². The van der Waals surface area contributed by atoms with E-state index in [9.17, 15) is 18.3 Å². The summed E-state index contributed by atoms with van der Waals surface area (Å²) in [7, 11) is 1.96. The summed E-state index contributed by atoms with van der Waals surface area (Å²) < 4.78 is 37.8. The third-order valence-corrected chi connectivity index (χ3v) is 4.37. The first-order valence-electron chi connectivity index (χ1n) is 8.37. The van der Waals surface area contributed by atoms with E-state index in [1.54, 1.807) is 6.07 Å². The van der Waals surface area contributed by atoms with E-state index in [1.807, 2.05) is 20.0 Å². The van der Waals surface area contributed by atoms with Crippen molar-refractivity contribution in [1.82, 2.24) is 0 Å². The molecule has 0 saturated heterocycles. The highest BCUT2D eigenvalue weighted by Crippen LogP contribution is 2.29. The summed E-state index contributed by atoms with van der Waals surface area (Å²) in [6.07, 6.45) is -4.31. The van der Waals surface area contributed by atoms with Gasteiger partial charge in [-0.25, -0.2) is 0 Å². The van der Waals surface area contributed by atoms with Crippen molar-refractivity contribution in [2.45, 2.75) is 46.0 Å². The Kier molecular flexibility index (Phi) is 5.78. The molecular weight excluding hydrogens is 327 g/mol. The van der Waals surface area contributed by atoms with Crippen LogP contribution in [0.2, 0.25) is 0 Å². The first kappa shape index (κ1) is 19.3. The normalized spacial score (nSPS) is 13.3. The standard InChI is InChI=1S/C20H24F3NO/c1-13(2)18-10-16(19(25)9-14(18)3)12-24(4)11-15-5-7-17(8-6-15)20(21,22)23/h5-10,13,25H,11-12H2,1-4H3/p+1. The molecule has 0 aliphatic heterocycles. The minimum Gasteiger partial charge on any atom is -0.507 e. The molecule has 0 aliphatic carbocycles. The van der Waals surface area contributed by atoms with Crippen molar-refractivity contribution in [2.24, 2.45) is 0 Å². The zero-order valence-electron chi connectivity index (χ0n) is 15.0. The van der Waals surface area contributed by atoms with Gasteiger partial charge < -0.3 is 10.0 Å². The maximum absolute atomic E-state index is 12.6. The SMILES string of the molecule is Cc1cc(O)c(C[NH+](C)Cc2ccc(C(F)(F)F)cc2)cc1C(C)C. The van der Waals surface area contributed by atoms with Gasteiger partial charge in [0.2, 0.25) is 0 Å². The van der Waals surface area contributed by atoms with E-state index in [1.165, 1.54) is 17.7 Å². The summed E-state index contributed by atoms with van der Waals surface area (Å²) in [6.45, 7) is 7.40. The summed E-state index contributed by atoms with van der Waals surface area (Å²) >= 11 is 0. The lowest BCUT2D eigenvalue weighted by atomic mass is 9.95. The Labute approximate surface area is 146 Å². The molecule has 0 amide bonds. The zero-order valence-corrected chi connectivity index (χ0v) is 15.0. The molecule has 2 aromatic rings. The van der Waals surface area contributed by atoms with Gasteiger partial charge in [0.05, 0.1) is 12.6 Å². The summed E-state index contributed by atoms with van der Waals surface area (Å²) in [4.78, 5) is 1.09. The Morgan fingerprint density at radius 1 is 1.04 bits per heavy atom. The third kappa shape index (κ3) is 4.98. The van der Waals surface area contributed by atoms with E-state index in [0.717, 1.165) is 33.7 Å². The zero-order chi connectivity index (χ0) is 18.8. The monoisotopic (exact) mass is 352 g/mol. The lowest BCUT2D eigenvalue weighted by Gasteiger charge is -2.18. The quantitative estimate of drug-likeness (QED) is 0.833. The maximum Gasteiger partial charge on any atom is 0.416 e. The van der Waals surface area contributed by atoms with Crippen molar-refractivity contribution in [3.8, 4) is 5.75 Å². The van der Waals surface area contributed by atoms with Crippen molar-refractivity contribution in [3.05, 3.63) is 64.2 Å². The Hall–Kier alpha value is -2.01. The van der Waals surface area contributed by atoms with E-state index in [0.29, 0.717) is 19.0 Å². The number of nitrogens with one attached hydrogen (secondary N) is 1. The highest BCUT2D eigenvalue weighted by Gasteiger charge is 2.30. The number of halogens is 3. The number of quaternary nitrogens is 1. The molecule has 5 heteroatoms. The number of phenolic OH excluding ortho intramolecular Hbond substituents is 1. The average molecular weight is 352 g/mol. The molecule has 0 bridgehead atoms. The molecule has 0 aliphatic rings. The van der Waals surface area contributed by atoms with E-state index < -0.39 is 11.7 Å². The van der Waals surface area contributed by atoms with E-state index in [4.69, 9.17) is 0 Å². The van der Waals surface area contributed by atoms with E-state index in [2.05, 4.69) is 13.8 Å². The predicted molar refractivity (Wildman–Crippen MR) is 92.7 cm³/mol. The van der Waals surface area contributed by atoms with Gasteiger partial charge in [-0.2, -0.15) is 13.2 Å². The summed E-state index contributed by atoms with van der Waals surface area (Å²) in [5, 5.41) is 10.2. The van der Waals surface area contributed by atoms with Crippen molar-refractivity contribution < 1.29 is 23.2 Å². The van der Waals surface area contributed by atoms with Gasteiger partial charge in [0.25, 0.3) is 0 Å². The molecular formula is C20H25F3NO+. The number of benzene rings is 2. The van der Waals surface area contributed by atoms with Crippen LogP contribution in [0.4, 0.5) is 13.2 Å². The molecule has 136 valence electrons. The fourth-order valence-electron chi connectivity index (χ4n) is 3.07. The number of hydrogen-bond acceptors (Lipinski definition) is 1. The first-order chi connectivity index (χ1) is 11.6.